The summed E-state index contributed by atoms with van der Waals surface area (Å²) in [6.45, 7) is 2.39. The molecule has 0 radical (unpaired) electrons. The zero-order valence-electron chi connectivity index (χ0n) is 11.4. The van der Waals surface area contributed by atoms with Gasteiger partial charge in [0.25, 0.3) is 0 Å². The Labute approximate surface area is 125 Å². The smallest absolute Gasteiger partial charge is 0.231 e. The second kappa shape index (κ2) is 4.89. The van der Waals surface area contributed by atoms with Crippen molar-refractivity contribution in [3.05, 3.63) is 41.5 Å². The number of benzene rings is 1. The minimum atomic E-state index is 0.109. The number of nitrogens with one attached hydrogen (secondary N) is 1. The van der Waals surface area contributed by atoms with Crippen molar-refractivity contribution in [1.29, 1.82) is 0 Å². The fourth-order valence-corrected chi connectivity index (χ4v) is 3.11. The summed E-state index contributed by atoms with van der Waals surface area (Å²) < 4.78 is 10.8. The number of aromatic nitrogens is 2. The molecule has 0 amide bonds. The summed E-state index contributed by atoms with van der Waals surface area (Å²) in [4.78, 5) is 9.60. The second-order valence-corrected chi connectivity index (χ2v) is 5.73. The standard InChI is InChI=1S/C15H13N3O2S/c1-9(10-2-3-12-13(6-10)20-8-19-12)18-14-11-4-5-21-15(11)17-7-16-14/h2-7,9H,8H2,1H3,(H,16,17,18). The largest absolute Gasteiger partial charge is 0.454 e. The summed E-state index contributed by atoms with van der Waals surface area (Å²) in [6.07, 6.45) is 1.59. The van der Waals surface area contributed by atoms with E-state index in [1.807, 2.05) is 29.6 Å². The average Bonchev–Trinajstić information content (AvgIpc) is 3.15. The third-order valence-corrected chi connectivity index (χ3v) is 4.33. The van der Waals surface area contributed by atoms with Gasteiger partial charge in [0.2, 0.25) is 6.79 Å². The summed E-state index contributed by atoms with van der Waals surface area (Å²) in [5.74, 6) is 2.45. The molecule has 0 saturated carbocycles. The van der Waals surface area contributed by atoms with Crippen molar-refractivity contribution in [3.8, 4) is 11.5 Å². The summed E-state index contributed by atoms with van der Waals surface area (Å²) in [7, 11) is 0. The van der Waals surface area contributed by atoms with Gasteiger partial charge in [0, 0.05) is 0 Å². The quantitative estimate of drug-likeness (QED) is 0.801. The molecule has 4 rings (SSSR count). The van der Waals surface area contributed by atoms with E-state index in [0.29, 0.717) is 6.79 Å². The van der Waals surface area contributed by atoms with Crippen LogP contribution in [0, 0.1) is 0 Å². The minimum absolute atomic E-state index is 0.109. The van der Waals surface area contributed by atoms with Crippen molar-refractivity contribution in [1.82, 2.24) is 9.97 Å². The third kappa shape index (κ3) is 2.17. The summed E-state index contributed by atoms with van der Waals surface area (Å²) >= 11 is 1.61. The topological polar surface area (TPSA) is 56.3 Å². The molecule has 3 heterocycles. The van der Waals surface area contributed by atoms with Crippen molar-refractivity contribution in [2.75, 3.05) is 12.1 Å². The molecular weight excluding hydrogens is 286 g/mol. The predicted octanol–water partition coefficient (Wildman–Crippen LogP) is 3.59. The Balaban J connectivity index is 1.63. The maximum atomic E-state index is 5.42. The molecular formula is C15H13N3O2S. The van der Waals surface area contributed by atoms with Crippen LogP contribution in [0.5, 0.6) is 11.5 Å². The molecule has 2 aromatic heterocycles. The van der Waals surface area contributed by atoms with Gasteiger partial charge in [0.15, 0.2) is 11.5 Å². The fourth-order valence-electron chi connectivity index (χ4n) is 2.38. The van der Waals surface area contributed by atoms with Gasteiger partial charge in [-0.1, -0.05) is 6.07 Å². The van der Waals surface area contributed by atoms with Crippen LogP contribution in [0.2, 0.25) is 0 Å². The Kier molecular flexibility index (Phi) is 2.89. The fraction of sp³-hybridized carbons (Fsp3) is 0.200. The second-order valence-electron chi connectivity index (χ2n) is 4.84. The maximum Gasteiger partial charge on any atom is 0.231 e. The van der Waals surface area contributed by atoms with Crippen molar-refractivity contribution in [2.24, 2.45) is 0 Å². The lowest BCUT2D eigenvalue weighted by Crippen LogP contribution is -2.08. The van der Waals surface area contributed by atoms with Gasteiger partial charge < -0.3 is 14.8 Å². The first-order valence-electron chi connectivity index (χ1n) is 6.65. The maximum absolute atomic E-state index is 5.42. The molecule has 1 unspecified atom stereocenters. The van der Waals surface area contributed by atoms with Gasteiger partial charge >= 0.3 is 0 Å². The van der Waals surface area contributed by atoms with E-state index in [9.17, 15) is 0 Å². The van der Waals surface area contributed by atoms with Gasteiger partial charge in [-0.05, 0) is 36.1 Å². The van der Waals surface area contributed by atoms with Crippen LogP contribution in [0.1, 0.15) is 18.5 Å². The molecule has 0 bridgehead atoms. The Bertz CT molecular complexity index is 802. The summed E-state index contributed by atoms with van der Waals surface area (Å²) in [5, 5.41) is 6.51. The molecule has 5 nitrogen and oxygen atoms in total. The zero-order valence-corrected chi connectivity index (χ0v) is 12.2. The van der Waals surface area contributed by atoms with Crippen molar-refractivity contribution in [2.45, 2.75) is 13.0 Å². The molecule has 0 saturated heterocycles. The van der Waals surface area contributed by atoms with Crippen LogP contribution in [0.25, 0.3) is 10.2 Å². The number of hydrogen-bond donors (Lipinski definition) is 1. The van der Waals surface area contributed by atoms with Crippen molar-refractivity contribution >= 4 is 27.4 Å². The van der Waals surface area contributed by atoms with Gasteiger partial charge in [-0.3, -0.25) is 0 Å². The molecule has 3 aromatic rings. The van der Waals surface area contributed by atoms with Crippen LogP contribution in [-0.4, -0.2) is 16.8 Å². The monoisotopic (exact) mass is 299 g/mol. The van der Waals surface area contributed by atoms with Crippen LogP contribution < -0.4 is 14.8 Å². The molecule has 0 aliphatic carbocycles. The number of rotatable bonds is 3. The first kappa shape index (κ1) is 12.4. The molecule has 106 valence electrons. The van der Waals surface area contributed by atoms with E-state index in [0.717, 1.165) is 33.1 Å². The van der Waals surface area contributed by atoms with Crippen LogP contribution >= 0.6 is 11.3 Å². The van der Waals surface area contributed by atoms with Crippen LogP contribution in [0.3, 0.4) is 0 Å². The lowest BCUT2D eigenvalue weighted by Gasteiger charge is -2.15. The minimum Gasteiger partial charge on any atom is -0.454 e. The van der Waals surface area contributed by atoms with E-state index in [-0.39, 0.29) is 6.04 Å². The van der Waals surface area contributed by atoms with Gasteiger partial charge in [-0.25, -0.2) is 9.97 Å². The highest BCUT2D eigenvalue weighted by Crippen LogP contribution is 2.35. The Hall–Kier alpha value is -2.34. The molecule has 6 heteroatoms. The third-order valence-electron chi connectivity index (χ3n) is 3.51. The van der Waals surface area contributed by atoms with E-state index in [1.54, 1.807) is 17.7 Å². The van der Waals surface area contributed by atoms with Gasteiger partial charge in [-0.15, -0.1) is 11.3 Å². The highest BCUT2D eigenvalue weighted by molar-refractivity contribution is 7.16. The number of fused-ring (bicyclic) bond motifs is 2. The number of hydrogen-bond acceptors (Lipinski definition) is 6. The molecule has 1 aromatic carbocycles. The van der Waals surface area contributed by atoms with E-state index >= 15 is 0 Å². The predicted molar refractivity (Wildman–Crippen MR) is 82.0 cm³/mol. The molecule has 0 spiro atoms. The molecule has 21 heavy (non-hydrogen) atoms. The van der Waals surface area contributed by atoms with E-state index in [1.165, 1.54) is 0 Å². The van der Waals surface area contributed by atoms with Gasteiger partial charge in [-0.2, -0.15) is 0 Å². The molecule has 1 aliphatic rings. The number of anilines is 1. The molecule has 0 fully saturated rings. The van der Waals surface area contributed by atoms with Crippen molar-refractivity contribution < 1.29 is 9.47 Å². The highest BCUT2D eigenvalue weighted by Gasteiger charge is 2.16. The molecule has 1 aliphatic heterocycles. The molecule has 1 atom stereocenters. The Morgan fingerprint density at radius 1 is 1.19 bits per heavy atom. The van der Waals surface area contributed by atoms with Crippen LogP contribution in [0.15, 0.2) is 36.0 Å². The van der Waals surface area contributed by atoms with Crippen LogP contribution in [-0.2, 0) is 0 Å². The van der Waals surface area contributed by atoms with Gasteiger partial charge in [0.1, 0.15) is 17.0 Å². The lowest BCUT2D eigenvalue weighted by atomic mass is 10.1. The number of nitrogens with zero attached hydrogens (tertiary/aromatic N) is 2. The molecule has 1 N–H and O–H groups in total. The van der Waals surface area contributed by atoms with Crippen molar-refractivity contribution in [3.63, 3.8) is 0 Å². The number of thiophene rings is 1. The van der Waals surface area contributed by atoms with E-state index < -0.39 is 0 Å². The first-order valence-corrected chi connectivity index (χ1v) is 7.53. The van der Waals surface area contributed by atoms with Crippen LogP contribution in [0.4, 0.5) is 5.82 Å². The zero-order chi connectivity index (χ0) is 14.2. The van der Waals surface area contributed by atoms with E-state index in [2.05, 4.69) is 22.2 Å². The SMILES string of the molecule is CC(Nc1ncnc2sccc12)c1ccc2c(c1)OCO2. The number of ether oxygens (including phenoxy) is 2. The summed E-state index contributed by atoms with van der Waals surface area (Å²) in [5.41, 5.74) is 1.13. The summed E-state index contributed by atoms with van der Waals surface area (Å²) in [6, 6.07) is 8.13. The first-order chi connectivity index (χ1) is 10.3. The average molecular weight is 299 g/mol. The highest BCUT2D eigenvalue weighted by atomic mass is 32.1. The lowest BCUT2D eigenvalue weighted by molar-refractivity contribution is 0.174. The van der Waals surface area contributed by atoms with Gasteiger partial charge in [0.05, 0.1) is 11.4 Å². The van der Waals surface area contributed by atoms with E-state index in [4.69, 9.17) is 9.47 Å². The Morgan fingerprint density at radius 2 is 2.10 bits per heavy atom. The normalized spacial score (nSPS) is 14.3. The Morgan fingerprint density at radius 3 is 3.05 bits per heavy atom.